The summed E-state index contributed by atoms with van der Waals surface area (Å²) in [6.45, 7) is 0. The van der Waals surface area contributed by atoms with E-state index in [1.165, 1.54) is 14.2 Å². The van der Waals surface area contributed by atoms with Gasteiger partial charge in [-0.05, 0) is 72.2 Å². The topological polar surface area (TPSA) is 78.4 Å². The Morgan fingerprint density at radius 1 is 0.710 bits per heavy atom. The maximum absolute atomic E-state index is 11.5. The third-order valence-electron chi connectivity index (χ3n) is 4.86. The number of halogens is 1. The lowest BCUT2D eigenvalue weighted by molar-refractivity contribution is 0.0585. The molecule has 31 heavy (non-hydrogen) atoms. The minimum absolute atomic E-state index is 0.297. The predicted molar refractivity (Wildman–Crippen MR) is 117 cm³/mol. The highest BCUT2D eigenvalue weighted by Gasteiger charge is 2.08. The van der Waals surface area contributed by atoms with Crippen LogP contribution in [0, 0.1) is 0 Å². The van der Waals surface area contributed by atoms with Crippen LogP contribution in [0.3, 0.4) is 0 Å². The van der Waals surface area contributed by atoms with Gasteiger partial charge in [0, 0.05) is 17.4 Å². The third-order valence-corrected chi connectivity index (χ3v) is 5.08. The summed E-state index contributed by atoms with van der Waals surface area (Å²) in [5.41, 5.74) is 4.94. The van der Waals surface area contributed by atoms with Gasteiger partial charge in [0.2, 0.25) is 0 Å². The molecule has 0 saturated heterocycles. The minimum atomic E-state index is -0.443. The van der Waals surface area contributed by atoms with Crippen LogP contribution >= 0.6 is 11.6 Å². The molecule has 0 unspecified atom stereocenters. The highest BCUT2D eigenvalue weighted by molar-refractivity contribution is 6.30. The first-order valence-electron chi connectivity index (χ1n) is 9.83. The lowest BCUT2D eigenvalue weighted by atomic mass is 10.00. The van der Waals surface area contributed by atoms with Gasteiger partial charge >= 0.3 is 11.9 Å². The Morgan fingerprint density at radius 2 is 1.13 bits per heavy atom. The Hall–Kier alpha value is -3.25. The summed E-state index contributed by atoms with van der Waals surface area (Å²) < 4.78 is 9.34. The summed E-state index contributed by atoms with van der Waals surface area (Å²) in [5, 5.41) is 0.700. The molecule has 0 aliphatic carbocycles. The van der Waals surface area contributed by atoms with Crippen LogP contribution in [-0.4, -0.2) is 36.1 Å². The molecule has 6 nitrogen and oxygen atoms in total. The number of aromatic nitrogens is 2. The molecule has 2 aromatic heterocycles. The second-order valence-electron chi connectivity index (χ2n) is 7.05. The molecule has 0 atom stereocenters. The third kappa shape index (κ3) is 6.36. The first-order chi connectivity index (χ1) is 15.0. The van der Waals surface area contributed by atoms with Gasteiger partial charge in [0.25, 0.3) is 0 Å². The van der Waals surface area contributed by atoms with Crippen LogP contribution in [0.15, 0.2) is 54.9 Å². The van der Waals surface area contributed by atoms with Crippen LogP contribution < -0.4 is 0 Å². The van der Waals surface area contributed by atoms with Gasteiger partial charge in [-0.3, -0.25) is 0 Å². The summed E-state index contributed by atoms with van der Waals surface area (Å²) >= 11 is 6.33. The largest absolute Gasteiger partial charge is 0.464 e. The number of pyridine rings is 2. The molecule has 0 radical (unpaired) electrons. The molecule has 2 heterocycles. The average Bonchev–Trinajstić information content (AvgIpc) is 2.80. The quantitative estimate of drug-likeness (QED) is 0.488. The molecule has 0 bridgehead atoms. The van der Waals surface area contributed by atoms with Gasteiger partial charge in [-0.15, -0.1) is 0 Å². The van der Waals surface area contributed by atoms with E-state index in [1.807, 2.05) is 24.3 Å². The van der Waals surface area contributed by atoms with Gasteiger partial charge in [-0.25, -0.2) is 19.6 Å². The smallest absolute Gasteiger partial charge is 0.356 e. The number of benzene rings is 1. The molecule has 7 heteroatoms. The number of aryl methyl sites for hydroxylation is 4. The number of rotatable bonds is 8. The SMILES string of the molecule is COC(=O)c1ccc(CCc2cc(Cl)cc(CCc3ccc(C(=O)OC)nc3)c2)cn1. The van der Waals surface area contributed by atoms with E-state index >= 15 is 0 Å². The summed E-state index contributed by atoms with van der Waals surface area (Å²) in [5.74, 6) is -0.887. The van der Waals surface area contributed by atoms with Crippen LogP contribution in [0.2, 0.25) is 5.02 Å². The summed E-state index contributed by atoms with van der Waals surface area (Å²) in [4.78, 5) is 31.3. The van der Waals surface area contributed by atoms with Gasteiger partial charge in [0.05, 0.1) is 14.2 Å². The van der Waals surface area contributed by atoms with Crippen LogP contribution in [0.4, 0.5) is 0 Å². The molecular weight excluding hydrogens is 416 g/mol. The van der Waals surface area contributed by atoms with Crippen molar-refractivity contribution in [2.45, 2.75) is 25.7 Å². The minimum Gasteiger partial charge on any atom is -0.464 e. The lowest BCUT2D eigenvalue weighted by Gasteiger charge is -2.08. The first-order valence-corrected chi connectivity index (χ1v) is 10.2. The van der Waals surface area contributed by atoms with Gasteiger partial charge < -0.3 is 9.47 Å². The van der Waals surface area contributed by atoms with Crippen molar-refractivity contribution >= 4 is 23.5 Å². The summed E-state index contributed by atoms with van der Waals surface area (Å²) in [7, 11) is 2.67. The Balaban J connectivity index is 1.59. The lowest BCUT2D eigenvalue weighted by Crippen LogP contribution is -2.04. The van der Waals surface area contributed by atoms with Crippen LogP contribution in [0.1, 0.15) is 43.2 Å². The Bertz CT molecular complexity index is 968. The summed E-state index contributed by atoms with van der Waals surface area (Å²) in [6, 6.07) is 13.2. The predicted octanol–water partition coefficient (Wildman–Crippen LogP) is 4.27. The molecule has 0 N–H and O–H groups in total. The monoisotopic (exact) mass is 438 g/mol. The van der Waals surface area contributed by atoms with Gasteiger partial charge in [-0.1, -0.05) is 29.8 Å². The second kappa shape index (κ2) is 10.7. The van der Waals surface area contributed by atoms with Crippen molar-refractivity contribution in [1.82, 2.24) is 9.97 Å². The molecule has 0 fully saturated rings. The highest BCUT2D eigenvalue weighted by atomic mass is 35.5. The van der Waals surface area contributed by atoms with E-state index in [2.05, 4.69) is 25.5 Å². The fourth-order valence-corrected chi connectivity index (χ4v) is 3.46. The zero-order valence-corrected chi connectivity index (χ0v) is 18.2. The first kappa shape index (κ1) is 22.4. The maximum Gasteiger partial charge on any atom is 0.356 e. The summed E-state index contributed by atoms with van der Waals surface area (Å²) in [6.07, 6.45) is 6.58. The van der Waals surface area contributed by atoms with Gasteiger partial charge in [0.15, 0.2) is 0 Å². The molecular formula is C24H23ClN2O4. The van der Waals surface area contributed by atoms with Gasteiger partial charge in [-0.2, -0.15) is 0 Å². The zero-order chi connectivity index (χ0) is 22.2. The van der Waals surface area contributed by atoms with Crippen molar-refractivity contribution in [3.05, 3.63) is 93.5 Å². The molecule has 0 spiro atoms. The molecule has 0 saturated carbocycles. The fraction of sp³-hybridized carbons (Fsp3) is 0.250. The van der Waals surface area contributed by atoms with E-state index in [4.69, 9.17) is 11.6 Å². The average molecular weight is 439 g/mol. The van der Waals surface area contributed by atoms with Crippen LogP contribution in [-0.2, 0) is 35.2 Å². The number of nitrogens with zero attached hydrogens (tertiary/aromatic N) is 2. The fourth-order valence-electron chi connectivity index (χ4n) is 3.18. The van der Waals surface area contributed by atoms with E-state index < -0.39 is 11.9 Å². The number of ether oxygens (including phenoxy) is 2. The standard InChI is InChI=1S/C24H23ClN2O4/c1-30-23(28)21-9-7-16(14-26-21)3-5-18-11-19(13-20(25)12-18)6-4-17-8-10-22(27-15-17)24(29)31-2/h7-15H,3-6H2,1-2H3. The number of carbonyl (C=O) groups excluding carboxylic acids is 2. The van der Waals surface area contributed by atoms with E-state index in [1.54, 1.807) is 24.5 Å². The zero-order valence-electron chi connectivity index (χ0n) is 17.4. The Kier molecular flexibility index (Phi) is 7.73. The molecule has 3 rings (SSSR count). The van der Waals surface area contributed by atoms with E-state index in [0.717, 1.165) is 47.9 Å². The number of carbonyl (C=O) groups is 2. The van der Waals surface area contributed by atoms with Gasteiger partial charge in [0.1, 0.15) is 11.4 Å². The van der Waals surface area contributed by atoms with E-state index in [9.17, 15) is 9.59 Å². The van der Waals surface area contributed by atoms with Crippen molar-refractivity contribution in [2.24, 2.45) is 0 Å². The number of hydrogen-bond acceptors (Lipinski definition) is 6. The Morgan fingerprint density at radius 3 is 1.48 bits per heavy atom. The molecule has 160 valence electrons. The van der Waals surface area contributed by atoms with Crippen molar-refractivity contribution in [3.8, 4) is 0 Å². The molecule has 1 aromatic carbocycles. The number of methoxy groups -OCH3 is 2. The Labute approximate surface area is 186 Å². The normalized spacial score (nSPS) is 10.5. The van der Waals surface area contributed by atoms with Crippen molar-refractivity contribution in [3.63, 3.8) is 0 Å². The number of hydrogen-bond donors (Lipinski definition) is 0. The molecule has 3 aromatic rings. The van der Waals surface area contributed by atoms with Crippen molar-refractivity contribution in [1.29, 1.82) is 0 Å². The molecule has 0 amide bonds. The van der Waals surface area contributed by atoms with E-state index in [0.29, 0.717) is 16.4 Å². The molecule has 0 aliphatic rings. The van der Waals surface area contributed by atoms with Crippen molar-refractivity contribution in [2.75, 3.05) is 14.2 Å². The van der Waals surface area contributed by atoms with Crippen LogP contribution in [0.25, 0.3) is 0 Å². The van der Waals surface area contributed by atoms with Crippen LogP contribution in [0.5, 0.6) is 0 Å². The highest BCUT2D eigenvalue weighted by Crippen LogP contribution is 2.19. The second-order valence-corrected chi connectivity index (χ2v) is 7.49. The van der Waals surface area contributed by atoms with Crippen molar-refractivity contribution < 1.29 is 19.1 Å². The number of esters is 2. The molecule has 0 aliphatic heterocycles. The maximum atomic E-state index is 11.5. The van der Waals surface area contributed by atoms with E-state index in [-0.39, 0.29) is 0 Å².